The van der Waals surface area contributed by atoms with Crippen LogP contribution in [0.1, 0.15) is 47.7 Å². The topological polar surface area (TPSA) is 86.9 Å². The van der Waals surface area contributed by atoms with Crippen LogP contribution in [0.15, 0.2) is 48.5 Å². The lowest BCUT2D eigenvalue weighted by Gasteiger charge is -2.34. The summed E-state index contributed by atoms with van der Waals surface area (Å²) in [6.07, 6.45) is -14.4. The van der Waals surface area contributed by atoms with Gasteiger partial charge in [-0.25, -0.2) is 9.80 Å². The Morgan fingerprint density at radius 1 is 0.975 bits per heavy atom. The van der Waals surface area contributed by atoms with Crippen LogP contribution in [0.5, 0.6) is 0 Å². The van der Waals surface area contributed by atoms with Gasteiger partial charge in [0.15, 0.2) is 0 Å². The number of carboxylic acids is 1. The third-order valence-electron chi connectivity index (χ3n) is 7.15. The monoisotopic (exact) mass is 585 g/mol. The number of alkyl halides is 9. The number of benzene rings is 2. The van der Waals surface area contributed by atoms with E-state index < -0.39 is 53.1 Å². The summed E-state index contributed by atoms with van der Waals surface area (Å²) in [7, 11) is 1.41. The minimum Gasteiger partial charge on any atom is -0.475 e. The first-order chi connectivity index (χ1) is 18.2. The Labute approximate surface area is 222 Å². The second-order valence-corrected chi connectivity index (χ2v) is 9.69. The first-order valence-electron chi connectivity index (χ1n) is 11.6. The van der Waals surface area contributed by atoms with Crippen molar-refractivity contribution in [2.45, 2.75) is 44.0 Å². The Balaban J connectivity index is 0.000000559. The maximum Gasteiger partial charge on any atom is 0.490 e. The van der Waals surface area contributed by atoms with Gasteiger partial charge in [0.25, 0.3) is 0 Å². The molecule has 1 saturated heterocycles. The van der Waals surface area contributed by atoms with Crippen LogP contribution in [-0.2, 0) is 21.9 Å². The van der Waals surface area contributed by atoms with E-state index >= 15 is 0 Å². The molecule has 3 N–H and O–H groups in total. The smallest absolute Gasteiger partial charge is 0.475 e. The molecule has 0 radical (unpaired) electrons. The Morgan fingerprint density at radius 2 is 1.45 bits per heavy atom. The molecule has 0 aromatic heterocycles. The summed E-state index contributed by atoms with van der Waals surface area (Å²) in [5.74, 6) is 3.07. The van der Waals surface area contributed by atoms with Crippen LogP contribution in [0, 0.1) is 11.3 Å². The van der Waals surface area contributed by atoms with Gasteiger partial charge in [0.05, 0.1) is 28.6 Å². The van der Waals surface area contributed by atoms with E-state index in [1.54, 1.807) is 5.01 Å². The molecule has 220 valence electrons. The molecule has 4 rings (SSSR count). The van der Waals surface area contributed by atoms with Crippen LogP contribution in [0.25, 0.3) is 0 Å². The third-order valence-corrected chi connectivity index (χ3v) is 7.15. The zero-order valence-corrected chi connectivity index (χ0v) is 20.9. The number of hydrogen-bond donors (Lipinski definition) is 2. The molecule has 2 aliphatic rings. The average molecular weight is 585 g/mol. The first kappa shape index (κ1) is 31.2. The number of hydrazine groups is 1. The number of rotatable bonds is 4. The third kappa shape index (κ3) is 6.19. The normalized spacial score (nSPS) is 23.5. The van der Waals surface area contributed by atoms with Crippen molar-refractivity contribution in [2.24, 2.45) is 17.2 Å². The molecule has 1 amide bonds. The van der Waals surface area contributed by atoms with Crippen LogP contribution in [-0.4, -0.2) is 46.7 Å². The van der Waals surface area contributed by atoms with Gasteiger partial charge in [0.1, 0.15) is 0 Å². The number of fused-ring (bicyclic) bond motifs is 1. The van der Waals surface area contributed by atoms with Crippen molar-refractivity contribution in [2.75, 3.05) is 13.6 Å². The van der Waals surface area contributed by atoms with E-state index in [1.165, 1.54) is 18.9 Å². The summed E-state index contributed by atoms with van der Waals surface area (Å²) in [5, 5.41) is 8.71. The van der Waals surface area contributed by atoms with Crippen molar-refractivity contribution in [3.05, 3.63) is 70.8 Å². The minimum atomic E-state index is -5.08. The number of nitrogens with zero attached hydrogens (tertiary/aromatic N) is 2. The number of carboxylic acid groups (broad SMARTS) is 1. The standard InChI is InChI=1S/C23H23F6N3O.C2HF3O2/c1-13(15-8-16(22(24,25)26)10-17(9-15)23(27,28)29)31(2)20(33)21-11-18(21)12-32(30)19(21)14-6-4-3-5-7-14;3-2(4,5)1(6)7/h3-10,13,18-19H,11-12,30H2,1-2H3;(H,6,7)/t13-,18+,19-,21+;/m0./s1. The maximum absolute atomic E-state index is 13.6. The van der Waals surface area contributed by atoms with Crippen molar-refractivity contribution in [3.8, 4) is 0 Å². The molecule has 2 aromatic rings. The molecule has 2 aromatic carbocycles. The average Bonchev–Trinajstić information content (AvgIpc) is 3.47. The Morgan fingerprint density at radius 3 is 1.88 bits per heavy atom. The van der Waals surface area contributed by atoms with Crippen LogP contribution in [0.3, 0.4) is 0 Å². The van der Waals surface area contributed by atoms with Crippen LogP contribution in [0.2, 0.25) is 0 Å². The second kappa shape index (κ2) is 10.6. The lowest BCUT2D eigenvalue weighted by Crippen LogP contribution is -2.43. The number of halogens is 9. The molecular formula is C25H24F9N3O3. The quantitative estimate of drug-likeness (QED) is 0.349. The van der Waals surface area contributed by atoms with Crippen LogP contribution >= 0.6 is 0 Å². The number of aliphatic carboxylic acids is 1. The van der Waals surface area contributed by atoms with Gasteiger partial charge >= 0.3 is 24.5 Å². The van der Waals surface area contributed by atoms with Gasteiger partial charge in [-0.2, -0.15) is 39.5 Å². The minimum absolute atomic E-state index is 0.0258. The molecular weight excluding hydrogens is 561 g/mol. The highest BCUT2D eigenvalue weighted by atomic mass is 19.4. The molecule has 0 spiro atoms. The molecule has 2 fully saturated rings. The highest BCUT2D eigenvalue weighted by molar-refractivity contribution is 5.88. The van der Waals surface area contributed by atoms with Gasteiger partial charge < -0.3 is 10.0 Å². The summed E-state index contributed by atoms with van der Waals surface area (Å²) >= 11 is 0. The highest BCUT2D eigenvalue weighted by Gasteiger charge is 2.71. The van der Waals surface area contributed by atoms with E-state index in [9.17, 15) is 44.3 Å². The first-order valence-corrected chi connectivity index (χ1v) is 11.6. The summed E-state index contributed by atoms with van der Waals surface area (Å²) in [5.41, 5.74) is -3.06. The van der Waals surface area contributed by atoms with Gasteiger partial charge in [-0.15, -0.1) is 0 Å². The molecule has 15 heteroatoms. The van der Waals surface area contributed by atoms with Gasteiger partial charge in [0.2, 0.25) is 5.91 Å². The largest absolute Gasteiger partial charge is 0.490 e. The second-order valence-electron chi connectivity index (χ2n) is 9.69. The van der Waals surface area contributed by atoms with Gasteiger partial charge in [-0.3, -0.25) is 10.6 Å². The van der Waals surface area contributed by atoms with Crippen molar-refractivity contribution in [3.63, 3.8) is 0 Å². The van der Waals surface area contributed by atoms with E-state index in [1.807, 2.05) is 30.3 Å². The van der Waals surface area contributed by atoms with Gasteiger partial charge in [0, 0.05) is 13.6 Å². The fraction of sp³-hybridized carbons (Fsp3) is 0.440. The van der Waals surface area contributed by atoms with Gasteiger partial charge in [-0.1, -0.05) is 30.3 Å². The molecule has 1 aliphatic heterocycles. The predicted octanol–water partition coefficient (Wildman–Crippen LogP) is 5.81. The maximum atomic E-state index is 13.6. The van der Waals surface area contributed by atoms with Gasteiger partial charge in [-0.05, 0) is 48.6 Å². The van der Waals surface area contributed by atoms with E-state index in [2.05, 4.69) is 0 Å². The fourth-order valence-corrected chi connectivity index (χ4v) is 5.02. The van der Waals surface area contributed by atoms with Crippen molar-refractivity contribution >= 4 is 11.9 Å². The molecule has 4 atom stereocenters. The summed E-state index contributed by atoms with van der Waals surface area (Å²) < 4.78 is 111. The SMILES string of the molecule is C[C@@H](c1cc(C(F)(F)F)cc(C(F)(F)F)c1)N(C)C(=O)[C@]12C[C@@H]1CN(N)[C@H]2c1ccccc1.O=C(O)C(F)(F)F. The lowest BCUT2D eigenvalue weighted by atomic mass is 9.88. The molecule has 1 heterocycles. The summed E-state index contributed by atoms with van der Waals surface area (Å²) in [4.78, 5) is 23.8. The van der Waals surface area contributed by atoms with E-state index in [0.717, 1.165) is 5.56 Å². The molecule has 0 bridgehead atoms. The Hall–Kier alpha value is -3.33. The molecule has 0 unspecified atom stereocenters. The van der Waals surface area contributed by atoms with E-state index in [0.29, 0.717) is 25.1 Å². The predicted molar refractivity (Wildman–Crippen MR) is 122 cm³/mol. The zero-order valence-electron chi connectivity index (χ0n) is 20.9. The number of piperidine rings is 1. The fourth-order valence-electron chi connectivity index (χ4n) is 5.02. The van der Waals surface area contributed by atoms with Crippen molar-refractivity contribution < 1.29 is 54.2 Å². The molecule has 6 nitrogen and oxygen atoms in total. The lowest BCUT2D eigenvalue weighted by molar-refractivity contribution is -0.192. The molecule has 40 heavy (non-hydrogen) atoms. The van der Waals surface area contributed by atoms with Crippen molar-refractivity contribution in [1.29, 1.82) is 0 Å². The number of carbonyl (C=O) groups is 2. The highest BCUT2D eigenvalue weighted by Crippen LogP contribution is 2.67. The summed E-state index contributed by atoms with van der Waals surface area (Å²) in [6.45, 7) is 1.91. The van der Waals surface area contributed by atoms with Crippen molar-refractivity contribution in [1.82, 2.24) is 9.91 Å². The number of hydrogen-bond acceptors (Lipinski definition) is 4. The summed E-state index contributed by atoms with van der Waals surface area (Å²) in [6, 6.07) is 9.18. The number of amides is 1. The molecule has 1 aliphatic carbocycles. The van der Waals surface area contributed by atoms with Crippen LogP contribution < -0.4 is 5.84 Å². The Kier molecular flexibility index (Phi) is 8.25. The van der Waals surface area contributed by atoms with Crippen LogP contribution in [0.4, 0.5) is 39.5 Å². The number of nitrogens with two attached hydrogens (primary N) is 1. The Bertz CT molecular complexity index is 1220. The zero-order chi connectivity index (χ0) is 30.4. The number of carbonyl (C=O) groups excluding carboxylic acids is 1. The van der Waals surface area contributed by atoms with E-state index in [-0.39, 0.29) is 23.5 Å². The molecule has 1 saturated carbocycles. The van der Waals surface area contributed by atoms with E-state index in [4.69, 9.17) is 15.7 Å².